The number of thiol groups is 1. The summed E-state index contributed by atoms with van der Waals surface area (Å²) in [6, 6.07) is 0. The minimum absolute atomic E-state index is 0.0503. The number of carbonyl (C=O) groups is 1. The first-order valence-electron chi connectivity index (χ1n) is 3.88. The van der Waals surface area contributed by atoms with Crippen LogP contribution in [0.4, 0.5) is 0 Å². The van der Waals surface area contributed by atoms with Crippen molar-refractivity contribution < 1.29 is 9.53 Å². The Morgan fingerprint density at radius 3 is 2.42 bits per heavy atom. The van der Waals surface area contributed by atoms with Crippen LogP contribution in [-0.4, -0.2) is 17.3 Å². The lowest BCUT2D eigenvalue weighted by Gasteiger charge is -2.20. The van der Waals surface area contributed by atoms with Gasteiger partial charge in [-0.15, -0.1) is 11.7 Å². The van der Waals surface area contributed by atoms with Crippen LogP contribution in [0.3, 0.4) is 0 Å². The van der Waals surface area contributed by atoms with Crippen molar-refractivity contribution in [1.29, 1.82) is 0 Å². The maximum absolute atomic E-state index is 11.0. The zero-order chi connectivity index (χ0) is 9.78. The maximum atomic E-state index is 11.0. The van der Waals surface area contributed by atoms with E-state index in [9.17, 15) is 4.79 Å². The Labute approximate surface area is 83.2 Å². The zero-order valence-electron chi connectivity index (χ0n) is 7.96. The lowest BCUT2D eigenvalue weighted by Crippen LogP contribution is -2.25. The van der Waals surface area contributed by atoms with E-state index in [1.807, 2.05) is 27.7 Å². The van der Waals surface area contributed by atoms with Crippen molar-refractivity contribution >= 4 is 28.4 Å². The largest absolute Gasteiger partial charge is 0.464 e. The van der Waals surface area contributed by atoms with Gasteiger partial charge in [-0.1, -0.05) is 24.6 Å². The van der Waals surface area contributed by atoms with Gasteiger partial charge in [0, 0.05) is 0 Å². The van der Waals surface area contributed by atoms with E-state index in [-0.39, 0.29) is 16.6 Å². The monoisotopic (exact) mass is 208 g/mol. The van der Waals surface area contributed by atoms with Gasteiger partial charge in [-0.05, 0) is 13.8 Å². The summed E-state index contributed by atoms with van der Waals surface area (Å²) < 4.78 is 4.95. The Hall–Kier alpha value is 0.170. The molecule has 0 saturated carbocycles. The Kier molecular flexibility index (Phi) is 5.09. The molecular formula is C8H16O2S2. The predicted molar refractivity (Wildman–Crippen MR) is 56.5 cm³/mol. The molecule has 4 heteroatoms. The summed E-state index contributed by atoms with van der Waals surface area (Å²) >= 11 is 4.08. The molecule has 0 aliphatic heterocycles. The molecule has 0 unspecified atom stereocenters. The van der Waals surface area contributed by atoms with Gasteiger partial charge in [-0.2, -0.15) is 0 Å². The van der Waals surface area contributed by atoms with Gasteiger partial charge in [0.15, 0.2) is 0 Å². The van der Waals surface area contributed by atoms with Gasteiger partial charge in [0.2, 0.25) is 0 Å². The molecule has 0 aliphatic carbocycles. The number of carbonyl (C=O) groups excluding carboxylic acids is 1. The number of ether oxygens (including phenoxy) is 1. The van der Waals surface area contributed by atoms with Crippen molar-refractivity contribution in [2.75, 3.05) is 6.61 Å². The van der Waals surface area contributed by atoms with E-state index in [0.717, 1.165) is 0 Å². The minimum atomic E-state index is -0.148. The lowest BCUT2D eigenvalue weighted by molar-refractivity contribution is -0.147. The quantitative estimate of drug-likeness (QED) is 0.437. The highest BCUT2D eigenvalue weighted by Crippen LogP contribution is 2.27. The van der Waals surface area contributed by atoms with E-state index in [1.54, 1.807) is 0 Å². The van der Waals surface area contributed by atoms with Crippen molar-refractivity contribution in [1.82, 2.24) is 0 Å². The molecule has 0 aromatic carbocycles. The molecule has 2 nitrogen and oxygen atoms in total. The predicted octanol–water partition coefficient (Wildman–Crippen LogP) is 2.54. The van der Waals surface area contributed by atoms with E-state index >= 15 is 0 Å². The number of hydrogen-bond donors (Lipinski definition) is 1. The third-order valence-corrected chi connectivity index (χ3v) is 3.38. The molecule has 72 valence electrons. The molecule has 0 rings (SSSR count). The standard InChI is InChI=1S/C8H16O2S2/c1-6(2)7(9)10-5-8(3,4)12-11/h6,11H,5H2,1-4H3. The van der Waals surface area contributed by atoms with Crippen LogP contribution in [0.25, 0.3) is 0 Å². The number of rotatable bonds is 4. The number of hydrogen-bond acceptors (Lipinski definition) is 4. The second-order valence-electron chi connectivity index (χ2n) is 3.61. The van der Waals surface area contributed by atoms with Crippen molar-refractivity contribution in [3.05, 3.63) is 0 Å². The summed E-state index contributed by atoms with van der Waals surface area (Å²) in [6.45, 7) is 8.03. The summed E-state index contributed by atoms with van der Waals surface area (Å²) in [6.07, 6.45) is 0. The average molecular weight is 208 g/mol. The topological polar surface area (TPSA) is 26.3 Å². The molecule has 0 fully saturated rings. The van der Waals surface area contributed by atoms with E-state index < -0.39 is 0 Å². The first-order valence-corrected chi connectivity index (χ1v) is 5.75. The van der Waals surface area contributed by atoms with Crippen molar-refractivity contribution in [3.8, 4) is 0 Å². The summed E-state index contributed by atoms with van der Waals surface area (Å²) in [5.41, 5.74) is 0. The molecule has 0 aliphatic rings. The SMILES string of the molecule is CC(C)C(=O)OCC(C)(C)SS. The van der Waals surface area contributed by atoms with E-state index in [2.05, 4.69) is 11.7 Å². The summed E-state index contributed by atoms with van der Waals surface area (Å²) in [7, 11) is 1.40. The first kappa shape index (κ1) is 12.2. The Balaban J connectivity index is 3.76. The van der Waals surface area contributed by atoms with Crippen LogP contribution in [0, 0.1) is 5.92 Å². The molecular weight excluding hydrogens is 192 g/mol. The van der Waals surface area contributed by atoms with Gasteiger partial charge in [0.1, 0.15) is 6.61 Å². The highest BCUT2D eigenvalue weighted by atomic mass is 33.1. The molecule has 0 heterocycles. The van der Waals surface area contributed by atoms with Crippen LogP contribution in [0.15, 0.2) is 0 Å². The van der Waals surface area contributed by atoms with Gasteiger partial charge in [-0.3, -0.25) is 4.79 Å². The first-order chi connectivity index (χ1) is 5.39. The highest BCUT2D eigenvalue weighted by Gasteiger charge is 2.20. The second-order valence-corrected chi connectivity index (χ2v) is 5.45. The second kappa shape index (κ2) is 5.02. The molecule has 0 saturated heterocycles. The average Bonchev–Trinajstić information content (AvgIpc) is 2.00. The van der Waals surface area contributed by atoms with Crippen LogP contribution >= 0.6 is 22.5 Å². The van der Waals surface area contributed by atoms with Crippen LogP contribution in [0.1, 0.15) is 27.7 Å². The fraction of sp³-hybridized carbons (Fsp3) is 0.875. The summed E-state index contributed by atoms with van der Waals surface area (Å²) in [5, 5.41) is 0. The van der Waals surface area contributed by atoms with Crippen LogP contribution in [0.2, 0.25) is 0 Å². The van der Waals surface area contributed by atoms with Crippen LogP contribution < -0.4 is 0 Å². The van der Waals surface area contributed by atoms with Crippen molar-refractivity contribution in [3.63, 3.8) is 0 Å². The van der Waals surface area contributed by atoms with Crippen molar-refractivity contribution in [2.45, 2.75) is 32.4 Å². The minimum Gasteiger partial charge on any atom is -0.464 e. The fourth-order valence-corrected chi connectivity index (χ4v) is 0.708. The molecule has 0 spiro atoms. The van der Waals surface area contributed by atoms with Gasteiger partial charge < -0.3 is 4.74 Å². The zero-order valence-corrected chi connectivity index (χ0v) is 9.67. The molecule has 0 atom stereocenters. The molecule has 0 amide bonds. The fourth-order valence-electron chi connectivity index (χ4n) is 0.438. The van der Waals surface area contributed by atoms with Crippen molar-refractivity contribution in [2.24, 2.45) is 5.92 Å². The van der Waals surface area contributed by atoms with E-state index in [0.29, 0.717) is 6.61 Å². The maximum Gasteiger partial charge on any atom is 0.308 e. The normalized spacial score (nSPS) is 11.8. The highest BCUT2D eigenvalue weighted by molar-refractivity contribution is 8.69. The molecule has 0 bridgehead atoms. The lowest BCUT2D eigenvalue weighted by atomic mass is 10.2. The Bertz CT molecular complexity index is 155. The molecule has 0 aromatic heterocycles. The molecule has 0 radical (unpaired) electrons. The number of esters is 1. The van der Waals surface area contributed by atoms with Crippen LogP contribution in [-0.2, 0) is 9.53 Å². The summed E-state index contributed by atoms with van der Waals surface area (Å²) in [4.78, 5) is 11.0. The third-order valence-electron chi connectivity index (χ3n) is 1.28. The van der Waals surface area contributed by atoms with Gasteiger partial charge in [-0.25, -0.2) is 0 Å². The molecule has 0 N–H and O–H groups in total. The van der Waals surface area contributed by atoms with Gasteiger partial charge >= 0.3 is 5.97 Å². The van der Waals surface area contributed by atoms with Gasteiger partial charge in [0.05, 0.1) is 10.7 Å². The summed E-state index contributed by atoms with van der Waals surface area (Å²) in [5.74, 6) is -0.198. The smallest absolute Gasteiger partial charge is 0.308 e. The van der Waals surface area contributed by atoms with Gasteiger partial charge in [0.25, 0.3) is 0 Å². The van der Waals surface area contributed by atoms with E-state index in [4.69, 9.17) is 4.74 Å². The van der Waals surface area contributed by atoms with E-state index in [1.165, 1.54) is 10.8 Å². The Morgan fingerprint density at radius 1 is 1.58 bits per heavy atom. The third kappa shape index (κ3) is 4.93. The molecule has 12 heavy (non-hydrogen) atoms. The molecule has 0 aromatic rings. The Morgan fingerprint density at radius 2 is 2.08 bits per heavy atom. The van der Waals surface area contributed by atoms with Crippen LogP contribution in [0.5, 0.6) is 0 Å².